The minimum atomic E-state index is -0.0336. The van der Waals surface area contributed by atoms with E-state index in [9.17, 15) is 4.79 Å². The van der Waals surface area contributed by atoms with Crippen molar-refractivity contribution in [3.05, 3.63) is 47.0 Å². The van der Waals surface area contributed by atoms with E-state index in [1.807, 2.05) is 18.2 Å². The molecule has 1 amide bonds. The van der Waals surface area contributed by atoms with Crippen LogP contribution in [-0.2, 0) is 6.54 Å². The van der Waals surface area contributed by atoms with Crippen molar-refractivity contribution >= 4 is 27.6 Å². The standard InChI is InChI=1S/C11H8BrN3O/c12-8-4-10-7-15(11(16)14(10)6-8)9-2-1-3-13-5-9/h1-6H,7H2. The van der Waals surface area contributed by atoms with E-state index in [-0.39, 0.29) is 6.03 Å². The maximum absolute atomic E-state index is 12.1. The highest BCUT2D eigenvalue weighted by molar-refractivity contribution is 9.10. The Kier molecular flexibility index (Phi) is 2.07. The Hall–Kier alpha value is -1.62. The lowest BCUT2D eigenvalue weighted by atomic mass is 10.3. The molecule has 0 spiro atoms. The number of pyridine rings is 1. The lowest BCUT2D eigenvalue weighted by molar-refractivity contribution is 0.251. The summed E-state index contributed by atoms with van der Waals surface area (Å²) in [5.41, 5.74) is 1.81. The second kappa shape index (κ2) is 3.45. The van der Waals surface area contributed by atoms with E-state index in [1.54, 1.807) is 28.1 Å². The van der Waals surface area contributed by atoms with Crippen molar-refractivity contribution in [2.45, 2.75) is 6.54 Å². The van der Waals surface area contributed by atoms with Crippen molar-refractivity contribution in [1.29, 1.82) is 0 Å². The molecular formula is C11H8BrN3O. The molecule has 16 heavy (non-hydrogen) atoms. The van der Waals surface area contributed by atoms with Gasteiger partial charge < -0.3 is 0 Å². The number of amides is 1. The third-order valence-electron chi connectivity index (χ3n) is 2.58. The maximum Gasteiger partial charge on any atom is 0.333 e. The SMILES string of the molecule is O=C1N(c2cccnc2)Cc2cc(Br)cn21. The molecule has 0 aromatic carbocycles. The summed E-state index contributed by atoms with van der Waals surface area (Å²) in [7, 11) is 0. The van der Waals surface area contributed by atoms with Crippen LogP contribution in [0.25, 0.3) is 0 Å². The number of rotatable bonds is 1. The van der Waals surface area contributed by atoms with Gasteiger partial charge in [0.25, 0.3) is 0 Å². The Balaban J connectivity index is 1.99. The number of hydrogen-bond donors (Lipinski definition) is 0. The van der Waals surface area contributed by atoms with Crippen LogP contribution < -0.4 is 4.90 Å². The van der Waals surface area contributed by atoms with Crippen molar-refractivity contribution in [3.63, 3.8) is 0 Å². The zero-order valence-electron chi connectivity index (χ0n) is 8.30. The van der Waals surface area contributed by atoms with E-state index in [1.165, 1.54) is 0 Å². The van der Waals surface area contributed by atoms with Crippen LogP contribution in [-0.4, -0.2) is 15.6 Å². The molecule has 0 saturated carbocycles. The predicted molar refractivity (Wildman–Crippen MR) is 63.3 cm³/mol. The van der Waals surface area contributed by atoms with Crippen molar-refractivity contribution in [3.8, 4) is 0 Å². The first kappa shape index (κ1) is 9.59. The van der Waals surface area contributed by atoms with E-state index in [0.717, 1.165) is 15.9 Å². The van der Waals surface area contributed by atoms with E-state index in [2.05, 4.69) is 20.9 Å². The van der Waals surface area contributed by atoms with Crippen molar-refractivity contribution < 1.29 is 4.79 Å². The number of nitrogens with zero attached hydrogens (tertiary/aromatic N) is 3. The number of fused-ring (bicyclic) bond motifs is 1. The molecule has 1 aliphatic heterocycles. The third-order valence-corrected chi connectivity index (χ3v) is 3.01. The average molecular weight is 278 g/mol. The Labute approximate surface area is 101 Å². The van der Waals surface area contributed by atoms with Gasteiger partial charge in [0.1, 0.15) is 0 Å². The Morgan fingerprint density at radius 3 is 3.00 bits per heavy atom. The Bertz CT molecular complexity index is 550. The lowest BCUT2D eigenvalue weighted by Crippen LogP contribution is -2.25. The predicted octanol–water partition coefficient (Wildman–Crippen LogP) is 2.63. The van der Waals surface area contributed by atoms with E-state index in [4.69, 9.17) is 0 Å². The van der Waals surface area contributed by atoms with Crippen LogP contribution in [0, 0.1) is 0 Å². The molecule has 1 aliphatic rings. The minimum absolute atomic E-state index is 0.0336. The van der Waals surface area contributed by atoms with Crippen molar-refractivity contribution in [1.82, 2.24) is 9.55 Å². The maximum atomic E-state index is 12.1. The highest BCUT2D eigenvalue weighted by atomic mass is 79.9. The molecule has 0 fully saturated rings. The van der Waals surface area contributed by atoms with Gasteiger partial charge >= 0.3 is 6.03 Å². The summed E-state index contributed by atoms with van der Waals surface area (Å²) >= 11 is 3.36. The molecule has 0 unspecified atom stereocenters. The smallest absolute Gasteiger partial charge is 0.286 e. The topological polar surface area (TPSA) is 38.1 Å². The molecule has 0 atom stereocenters. The minimum Gasteiger partial charge on any atom is -0.286 e. The number of carbonyl (C=O) groups excluding carboxylic acids is 1. The summed E-state index contributed by atoms with van der Waals surface area (Å²) in [6.07, 6.45) is 5.17. The van der Waals surface area contributed by atoms with Crippen LogP contribution in [0.5, 0.6) is 0 Å². The van der Waals surface area contributed by atoms with Gasteiger partial charge in [0.2, 0.25) is 0 Å². The number of aromatic nitrogens is 2. The van der Waals surface area contributed by atoms with Crippen LogP contribution in [0.4, 0.5) is 10.5 Å². The second-order valence-electron chi connectivity index (χ2n) is 3.60. The summed E-state index contributed by atoms with van der Waals surface area (Å²) in [5.74, 6) is 0. The van der Waals surface area contributed by atoms with Gasteiger partial charge in [0, 0.05) is 22.6 Å². The van der Waals surface area contributed by atoms with E-state index in [0.29, 0.717) is 6.54 Å². The summed E-state index contributed by atoms with van der Waals surface area (Å²) < 4.78 is 2.58. The first-order chi connectivity index (χ1) is 7.75. The van der Waals surface area contributed by atoms with Crippen LogP contribution in [0.15, 0.2) is 41.3 Å². The summed E-state index contributed by atoms with van der Waals surface area (Å²) in [6, 6.07) is 5.63. The fraction of sp³-hybridized carbons (Fsp3) is 0.0909. The van der Waals surface area contributed by atoms with Gasteiger partial charge in [-0.2, -0.15) is 0 Å². The van der Waals surface area contributed by atoms with Gasteiger partial charge in [-0.1, -0.05) is 0 Å². The molecule has 0 saturated heterocycles. The normalized spacial score (nSPS) is 14.3. The van der Waals surface area contributed by atoms with Crippen LogP contribution >= 0.6 is 15.9 Å². The van der Waals surface area contributed by atoms with E-state index >= 15 is 0 Å². The van der Waals surface area contributed by atoms with Gasteiger partial charge in [-0.3, -0.25) is 14.5 Å². The molecule has 0 N–H and O–H groups in total. The third kappa shape index (κ3) is 1.36. The fourth-order valence-electron chi connectivity index (χ4n) is 1.85. The van der Waals surface area contributed by atoms with Gasteiger partial charge in [-0.25, -0.2) is 4.79 Å². The monoisotopic (exact) mass is 277 g/mol. The van der Waals surface area contributed by atoms with Crippen LogP contribution in [0.3, 0.4) is 0 Å². The van der Waals surface area contributed by atoms with Gasteiger partial charge in [0.15, 0.2) is 0 Å². The van der Waals surface area contributed by atoms with Crippen LogP contribution in [0.2, 0.25) is 0 Å². The average Bonchev–Trinajstić information content (AvgIpc) is 2.79. The Morgan fingerprint density at radius 2 is 2.31 bits per heavy atom. The number of anilines is 1. The number of halogens is 1. The molecule has 4 nitrogen and oxygen atoms in total. The molecule has 2 aromatic heterocycles. The molecule has 0 bridgehead atoms. The quantitative estimate of drug-likeness (QED) is 0.804. The van der Waals surface area contributed by atoms with E-state index < -0.39 is 0 Å². The summed E-state index contributed by atoms with van der Waals surface area (Å²) in [5, 5.41) is 0. The first-order valence-electron chi connectivity index (χ1n) is 4.84. The zero-order chi connectivity index (χ0) is 11.1. The first-order valence-corrected chi connectivity index (χ1v) is 5.63. The summed E-state index contributed by atoms with van der Waals surface area (Å²) in [6.45, 7) is 0.593. The molecule has 0 radical (unpaired) electrons. The largest absolute Gasteiger partial charge is 0.333 e. The lowest BCUT2D eigenvalue weighted by Gasteiger charge is -2.13. The van der Waals surface area contributed by atoms with Crippen molar-refractivity contribution in [2.24, 2.45) is 0 Å². The molecule has 5 heteroatoms. The summed E-state index contributed by atoms with van der Waals surface area (Å²) in [4.78, 5) is 17.8. The Morgan fingerprint density at radius 1 is 1.44 bits per heavy atom. The van der Waals surface area contributed by atoms with Gasteiger partial charge in [0.05, 0.1) is 18.4 Å². The number of carbonyl (C=O) groups is 1. The molecule has 3 rings (SSSR count). The molecular weight excluding hydrogens is 270 g/mol. The molecule has 3 heterocycles. The zero-order valence-corrected chi connectivity index (χ0v) is 9.89. The highest BCUT2D eigenvalue weighted by Gasteiger charge is 2.28. The van der Waals surface area contributed by atoms with Gasteiger partial charge in [-0.15, -0.1) is 0 Å². The molecule has 80 valence electrons. The fourth-order valence-corrected chi connectivity index (χ4v) is 2.32. The molecule has 0 aliphatic carbocycles. The molecule has 2 aromatic rings. The van der Waals surface area contributed by atoms with Gasteiger partial charge in [-0.05, 0) is 34.1 Å². The highest BCUT2D eigenvalue weighted by Crippen LogP contribution is 2.26. The second-order valence-corrected chi connectivity index (χ2v) is 4.52. The number of hydrogen-bond acceptors (Lipinski definition) is 2. The van der Waals surface area contributed by atoms with Crippen LogP contribution in [0.1, 0.15) is 5.69 Å². The van der Waals surface area contributed by atoms with Crippen molar-refractivity contribution in [2.75, 3.05) is 4.90 Å².